The van der Waals surface area contributed by atoms with Crippen molar-refractivity contribution in [3.05, 3.63) is 78.4 Å². The fourth-order valence-corrected chi connectivity index (χ4v) is 3.65. The number of hydrogen-bond donors (Lipinski definition) is 1. The Labute approximate surface area is 171 Å². The number of pyridine rings is 1. The Morgan fingerprint density at radius 1 is 1.07 bits per heavy atom. The zero-order valence-corrected chi connectivity index (χ0v) is 16.6. The van der Waals surface area contributed by atoms with Crippen LogP contribution in [0.2, 0.25) is 0 Å². The molecule has 1 unspecified atom stereocenters. The first-order chi connectivity index (χ1) is 14.2. The molecule has 0 spiro atoms. The zero-order valence-electron chi connectivity index (χ0n) is 16.6. The van der Waals surface area contributed by atoms with Crippen LogP contribution in [0.5, 0.6) is 0 Å². The number of anilines is 1. The molecular weight excluding hydrogens is 364 g/mol. The summed E-state index contributed by atoms with van der Waals surface area (Å²) < 4.78 is 1.81. The molecule has 1 aliphatic rings. The van der Waals surface area contributed by atoms with Crippen molar-refractivity contribution in [1.29, 1.82) is 0 Å². The van der Waals surface area contributed by atoms with E-state index in [1.807, 2.05) is 54.9 Å². The number of rotatable bonds is 6. The highest BCUT2D eigenvalue weighted by Crippen LogP contribution is 2.24. The summed E-state index contributed by atoms with van der Waals surface area (Å²) in [6.07, 6.45) is 7.12. The van der Waals surface area contributed by atoms with Crippen LogP contribution >= 0.6 is 0 Å². The molecule has 1 amide bonds. The minimum absolute atomic E-state index is 0.0262. The Hall–Kier alpha value is -3.03. The molecular formula is C22H26N6O. The molecule has 1 aromatic carbocycles. The van der Waals surface area contributed by atoms with Crippen molar-refractivity contribution in [1.82, 2.24) is 24.6 Å². The van der Waals surface area contributed by atoms with E-state index in [-0.39, 0.29) is 11.9 Å². The smallest absolute Gasteiger partial charge is 0.246 e. The number of nitrogens with one attached hydrogen (secondary N) is 1. The van der Waals surface area contributed by atoms with Gasteiger partial charge in [-0.25, -0.2) is 0 Å². The van der Waals surface area contributed by atoms with E-state index in [0.29, 0.717) is 12.2 Å². The summed E-state index contributed by atoms with van der Waals surface area (Å²) in [5.41, 5.74) is 2.78. The Balaban J connectivity index is 1.48. The second-order valence-corrected chi connectivity index (χ2v) is 7.43. The summed E-state index contributed by atoms with van der Waals surface area (Å²) in [7, 11) is 2.12. The Morgan fingerprint density at radius 2 is 1.86 bits per heavy atom. The van der Waals surface area contributed by atoms with E-state index >= 15 is 0 Å². The molecule has 0 saturated carbocycles. The molecule has 0 bridgehead atoms. The van der Waals surface area contributed by atoms with Crippen LogP contribution < -0.4 is 5.32 Å². The predicted molar refractivity (Wildman–Crippen MR) is 112 cm³/mol. The van der Waals surface area contributed by atoms with Gasteiger partial charge in [-0.3, -0.25) is 19.4 Å². The molecule has 7 nitrogen and oxygen atoms in total. The first-order valence-electron chi connectivity index (χ1n) is 9.89. The summed E-state index contributed by atoms with van der Waals surface area (Å²) in [4.78, 5) is 21.9. The second kappa shape index (κ2) is 8.98. The molecule has 4 rings (SSSR count). The first kappa shape index (κ1) is 19.3. The highest BCUT2D eigenvalue weighted by Gasteiger charge is 2.30. The van der Waals surface area contributed by atoms with Crippen molar-refractivity contribution >= 4 is 11.6 Å². The maximum absolute atomic E-state index is 13.2. The summed E-state index contributed by atoms with van der Waals surface area (Å²) in [5.74, 6) is -0.0262. The number of amides is 1. The summed E-state index contributed by atoms with van der Waals surface area (Å²) in [5, 5.41) is 7.43. The summed E-state index contributed by atoms with van der Waals surface area (Å²) >= 11 is 0. The fourth-order valence-electron chi connectivity index (χ4n) is 3.65. The van der Waals surface area contributed by atoms with E-state index in [1.165, 1.54) is 0 Å². The lowest BCUT2D eigenvalue weighted by Crippen LogP contribution is -2.48. The Bertz CT molecular complexity index is 919. The first-order valence-corrected chi connectivity index (χ1v) is 9.89. The van der Waals surface area contributed by atoms with Crippen LogP contribution in [0, 0.1) is 0 Å². The molecule has 3 aromatic rings. The van der Waals surface area contributed by atoms with Crippen molar-refractivity contribution < 1.29 is 4.79 Å². The van der Waals surface area contributed by atoms with Gasteiger partial charge in [-0.1, -0.05) is 36.4 Å². The van der Waals surface area contributed by atoms with Crippen molar-refractivity contribution in [2.45, 2.75) is 12.6 Å². The van der Waals surface area contributed by atoms with Gasteiger partial charge >= 0.3 is 0 Å². The highest BCUT2D eigenvalue weighted by molar-refractivity contribution is 5.95. The minimum atomic E-state index is -0.313. The van der Waals surface area contributed by atoms with Gasteiger partial charge in [0.1, 0.15) is 6.04 Å². The third-order valence-corrected chi connectivity index (χ3v) is 5.23. The van der Waals surface area contributed by atoms with Gasteiger partial charge in [-0.15, -0.1) is 0 Å². The minimum Gasteiger partial charge on any atom is -0.322 e. The molecule has 150 valence electrons. The van der Waals surface area contributed by atoms with Crippen LogP contribution in [0.1, 0.15) is 17.2 Å². The van der Waals surface area contributed by atoms with Crippen molar-refractivity contribution in [2.24, 2.45) is 0 Å². The van der Waals surface area contributed by atoms with Crippen LogP contribution in [0.3, 0.4) is 0 Å². The number of hydrogen-bond acceptors (Lipinski definition) is 5. The van der Waals surface area contributed by atoms with Crippen LogP contribution in [-0.4, -0.2) is 63.7 Å². The normalized spacial score (nSPS) is 16.4. The number of carbonyl (C=O) groups excluding carboxylic acids is 1. The monoisotopic (exact) mass is 390 g/mol. The van der Waals surface area contributed by atoms with Gasteiger partial charge in [0.05, 0.1) is 18.4 Å². The molecule has 29 heavy (non-hydrogen) atoms. The largest absolute Gasteiger partial charge is 0.322 e. The average Bonchev–Trinajstić information content (AvgIpc) is 3.18. The molecule has 1 aliphatic heterocycles. The van der Waals surface area contributed by atoms with Gasteiger partial charge in [0.15, 0.2) is 0 Å². The van der Waals surface area contributed by atoms with E-state index in [4.69, 9.17) is 0 Å². The third-order valence-electron chi connectivity index (χ3n) is 5.23. The molecule has 1 N–H and O–H groups in total. The highest BCUT2D eigenvalue weighted by atomic mass is 16.2. The SMILES string of the molecule is CN1CCN(C(C(=O)Nc2cnn(Cc3cccnc3)c2)c2ccccc2)CC1. The van der Waals surface area contributed by atoms with Crippen LogP contribution in [0.4, 0.5) is 5.69 Å². The molecule has 3 heterocycles. The Morgan fingerprint density at radius 3 is 2.59 bits per heavy atom. The van der Waals surface area contributed by atoms with Crippen molar-refractivity contribution in [2.75, 3.05) is 38.5 Å². The maximum Gasteiger partial charge on any atom is 0.246 e. The van der Waals surface area contributed by atoms with E-state index in [9.17, 15) is 4.79 Å². The lowest BCUT2D eigenvalue weighted by atomic mass is 10.0. The van der Waals surface area contributed by atoms with E-state index in [2.05, 4.69) is 32.2 Å². The molecule has 1 fully saturated rings. The number of carbonyl (C=O) groups is 1. The van der Waals surface area contributed by atoms with Crippen LogP contribution in [0.15, 0.2) is 67.3 Å². The molecule has 7 heteroatoms. The summed E-state index contributed by atoms with van der Waals surface area (Å²) in [6, 6.07) is 13.6. The van der Waals surface area contributed by atoms with Crippen LogP contribution in [0.25, 0.3) is 0 Å². The molecule has 1 atom stereocenters. The average molecular weight is 390 g/mol. The van der Waals surface area contributed by atoms with Crippen molar-refractivity contribution in [3.63, 3.8) is 0 Å². The Kier molecular flexibility index (Phi) is 5.97. The fraction of sp³-hybridized carbons (Fsp3) is 0.318. The quantitative estimate of drug-likeness (QED) is 0.699. The number of benzene rings is 1. The number of likely N-dealkylation sites (N-methyl/N-ethyl adjacent to an activating group) is 1. The number of aromatic nitrogens is 3. The molecule has 0 aliphatic carbocycles. The lowest BCUT2D eigenvalue weighted by Gasteiger charge is -2.37. The van der Waals surface area contributed by atoms with E-state index in [1.54, 1.807) is 17.1 Å². The van der Waals surface area contributed by atoms with Gasteiger partial charge in [0, 0.05) is 44.8 Å². The maximum atomic E-state index is 13.2. The predicted octanol–water partition coefficient (Wildman–Crippen LogP) is 2.25. The molecule has 0 radical (unpaired) electrons. The van der Waals surface area contributed by atoms with Crippen molar-refractivity contribution in [3.8, 4) is 0 Å². The zero-order chi connectivity index (χ0) is 20.1. The van der Waals surface area contributed by atoms with Gasteiger partial charge < -0.3 is 10.2 Å². The van der Waals surface area contributed by atoms with E-state index in [0.717, 1.165) is 37.3 Å². The summed E-state index contributed by atoms with van der Waals surface area (Å²) in [6.45, 7) is 4.26. The second-order valence-electron chi connectivity index (χ2n) is 7.43. The van der Waals surface area contributed by atoms with Gasteiger partial charge in [-0.05, 0) is 24.2 Å². The van der Waals surface area contributed by atoms with E-state index < -0.39 is 0 Å². The lowest BCUT2D eigenvalue weighted by molar-refractivity contribution is -0.122. The van der Waals surface area contributed by atoms with Crippen LogP contribution in [-0.2, 0) is 11.3 Å². The number of piperazine rings is 1. The molecule has 2 aromatic heterocycles. The number of nitrogens with zero attached hydrogens (tertiary/aromatic N) is 5. The van der Waals surface area contributed by atoms with Gasteiger partial charge in [0.2, 0.25) is 5.91 Å². The third kappa shape index (κ3) is 4.88. The molecule has 1 saturated heterocycles. The van der Waals surface area contributed by atoms with Gasteiger partial charge in [-0.2, -0.15) is 5.10 Å². The standard InChI is InChI=1S/C22H26N6O/c1-26-10-12-27(13-11-26)21(19-7-3-2-4-8-19)22(29)25-20-15-24-28(17-20)16-18-6-5-9-23-14-18/h2-9,14-15,17,21H,10-13,16H2,1H3,(H,25,29). The topological polar surface area (TPSA) is 66.3 Å². The van der Waals surface area contributed by atoms with Gasteiger partial charge in [0.25, 0.3) is 0 Å².